The van der Waals surface area contributed by atoms with Crippen LogP contribution in [0.25, 0.3) is 0 Å². The molecule has 1 amide bonds. The lowest BCUT2D eigenvalue weighted by Crippen LogP contribution is -2.32. The van der Waals surface area contributed by atoms with E-state index in [2.05, 4.69) is 15.2 Å². The molecule has 24 heavy (non-hydrogen) atoms. The van der Waals surface area contributed by atoms with Gasteiger partial charge in [-0.2, -0.15) is 0 Å². The molecule has 2 heterocycles. The second kappa shape index (κ2) is 7.28. The molecule has 1 saturated heterocycles. The third kappa shape index (κ3) is 3.57. The van der Waals surface area contributed by atoms with Crippen LogP contribution in [0.15, 0.2) is 42.6 Å². The zero-order valence-corrected chi connectivity index (χ0v) is 14.1. The number of carbonyl (C=O) groups excluding carboxylic acids is 1. The van der Waals surface area contributed by atoms with Crippen LogP contribution in [-0.2, 0) is 0 Å². The van der Waals surface area contributed by atoms with Crippen LogP contribution in [-0.4, -0.2) is 35.9 Å². The Balaban J connectivity index is 1.70. The van der Waals surface area contributed by atoms with Crippen molar-refractivity contribution in [1.82, 2.24) is 15.2 Å². The quantitative estimate of drug-likeness (QED) is 0.923. The van der Waals surface area contributed by atoms with Gasteiger partial charge in [-0.15, -0.1) is 0 Å². The highest BCUT2D eigenvalue weighted by molar-refractivity contribution is 6.30. The van der Waals surface area contributed by atoms with Crippen LogP contribution >= 0.6 is 11.6 Å². The molecule has 0 bridgehead atoms. The Kier molecular flexibility index (Phi) is 5.11. The number of pyridine rings is 1. The molecule has 126 valence electrons. The maximum Gasteiger partial charge on any atom is 0.269 e. The largest absolute Gasteiger partial charge is 0.350 e. The number of nitrogens with one attached hydrogen (secondary N) is 1. The molecule has 2 aromatic rings. The Bertz CT molecular complexity index is 725. The van der Waals surface area contributed by atoms with Crippen LogP contribution < -0.4 is 5.32 Å². The molecular weight excluding hydrogens is 329 g/mol. The van der Waals surface area contributed by atoms with Gasteiger partial charge in [-0.1, -0.05) is 23.7 Å². The first kappa shape index (κ1) is 16.9. The summed E-state index contributed by atoms with van der Waals surface area (Å²) >= 11 is 5.78. The van der Waals surface area contributed by atoms with Crippen molar-refractivity contribution in [3.63, 3.8) is 0 Å². The molecule has 1 aromatic heterocycles. The molecule has 0 saturated carbocycles. The van der Waals surface area contributed by atoms with Crippen molar-refractivity contribution in [3.8, 4) is 0 Å². The van der Waals surface area contributed by atoms with Crippen LogP contribution in [0.5, 0.6) is 0 Å². The Morgan fingerprint density at radius 1 is 1.42 bits per heavy atom. The van der Waals surface area contributed by atoms with Crippen molar-refractivity contribution in [3.05, 3.63) is 64.7 Å². The number of hydrogen-bond donors (Lipinski definition) is 1. The predicted molar refractivity (Wildman–Crippen MR) is 91.5 cm³/mol. The van der Waals surface area contributed by atoms with Gasteiger partial charge in [-0.05, 0) is 55.8 Å². The van der Waals surface area contributed by atoms with Crippen molar-refractivity contribution < 1.29 is 9.18 Å². The van der Waals surface area contributed by atoms with E-state index in [0.29, 0.717) is 12.2 Å². The summed E-state index contributed by atoms with van der Waals surface area (Å²) in [6.45, 7) is 1.42. The molecule has 2 atom stereocenters. The highest BCUT2D eigenvalue weighted by Gasteiger charge is 2.33. The highest BCUT2D eigenvalue weighted by Crippen LogP contribution is 2.36. The molecule has 1 N–H and O–H groups in total. The molecule has 1 aliphatic heterocycles. The van der Waals surface area contributed by atoms with Crippen molar-refractivity contribution in [2.75, 3.05) is 20.1 Å². The summed E-state index contributed by atoms with van der Waals surface area (Å²) in [5, 5.41) is 3.06. The summed E-state index contributed by atoms with van der Waals surface area (Å²) in [6, 6.07) is 10.2. The lowest BCUT2D eigenvalue weighted by atomic mass is 9.93. The van der Waals surface area contributed by atoms with Gasteiger partial charge in [0.25, 0.3) is 5.91 Å². The first-order valence-corrected chi connectivity index (χ1v) is 8.28. The summed E-state index contributed by atoms with van der Waals surface area (Å²) in [5.41, 5.74) is 1.28. The van der Waals surface area contributed by atoms with Gasteiger partial charge in [-0.25, -0.2) is 4.39 Å². The number of carbonyl (C=O) groups is 1. The summed E-state index contributed by atoms with van der Waals surface area (Å²) in [6.07, 6.45) is 2.53. The number of hydrogen-bond acceptors (Lipinski definition) is 3. The highest BCUT2D eigenvalue weighted by atomic mass is 35.5. The Morgan fingerprint density at radius 2 is 2.25 bits per heavy atom. The minimum Gasteiger partial charge on any atom is -0.350 e. The minimum atomic E-state index is -0.411. The lowest BCUT2D eigenvalue weighted by molar-refractivity contribution is 0.0938. The van der Waals surface area contributed by atoms with E-state index in [9.17, 15) is 9.18 Å². The fourth-order valence-corrected chi connectivity index (χ4v) is 3.39. The van der Waals surface area contributed by atoms with Gasteiger partial charge < -0.3 is 5.32 Å². The SMILES string of the molecule is CN1CC[C@@H](CNC(=O)c2ccccn2)[C@@H]1c1ccc(Cl)c(F)c1. The van der Waals surface area contributed by atoms with Gasteiger partial charge in [0.1, 0.15) is 11.5 Å². The molecule has 1 aromatic carbocycles. The van der Waals surface area contributed by atoms with E-state index in [1.54, 1.807) is 30.5 Å². The number of aromatic nitrogens is 1. The number of rotatable bonds is 4. The number of likely N-dealkylation sites (tertiary alicyclic amines) is 1. The van der Waals surface area contributed by atoms with E-state index in [1.165, 1.54) is 6.07 Å². The predicted octanol–water partition coefficient (Wildman–Crippen LogP) is 3.30. The third-order valence-electron chi connectivity index (χ3n) is 4.48. The topological polar surface area (TPSA) is 45.2 Å². The van der Waals surface area contributed by atoms with E-state index in [4.69, 9.17) is 11.6 Å². The first-order valence-electron chi connectivity index (χ1n) is 7.90. The normalized spacial score (nSPS) is 21.0. The van der Waals surface area contributed by atoms with Crippen molar-refractivity contribution in [2.45, 2.75) is 12.5 Å². The zero-order valence-electron chi connectivity index (χ0n) is 13.4. The van der Waals surface area contributed by atoms with Gasteiger partial charge in [0, 0.05) is 18.8 Å². The molecule has 0 aliphatic carbocycles. The third-order valence-corrected chi connectivity index (χ3v) is 4.79. The van der Waals surface area contributed by atoms with Crippen LogP contribution in [0.3, 0.4) is 0 Å². The Morgan fingerprint density at radius 3 is 2.96 bits per heavy atom. The second-order valence-electron chi connectivity index (χ2n) is 6.07. The Hall–Kier alpha value is -1.98. The van der Waals surface area contributed by atoms with Crippen LogP contribution in [0.4, 0.5) is 4.39 Å². The first-order chi connectivity index (χ1) is 11.6. The molecule has 6 heteroatoms. The molecular formula is C18H19ClFN3O. The molecule has 1 fully saturated rings. The number of amides is 1. The van der Waals surface area contributed by atoms with E-state index < -0.39 is 5.82 Å². The van der Waals surface area contributed by atoms with Gasteiger partial charge in [0.2, 0.25) is 0 Å². The van der Waals surface area contributed by atoms with E-state index in [-0.39, 0.29) is 22.9 Å². The van der Waals surface area contributed by atoms with Crippen molar-refractivity contribution in [2.24, 2.45) is 5.92 Å². The average Bonchev–Trinajstić information content (AvgIpc) is 2.96. The van der Waals surface area contributed by atoms with Gasteiger partial charge >= 0.3 is 0 Å². The van der Waals surface area contributed by atoms with E-state index in [1.807, 2.05) is 13.1 Å². The minimum absolute atomic E-state index is 0.0563. The van der Waals surface area contributed by atoms with Gasteiger partial charge in [0.15, 0.2) is 0 Å². The summed E-state index contributed by atoms with van der Waals surface area (Å²) in [4.78, 5) is 18.4. The smallest absolute Gasteiger partial charge is 0.269 e. The fraction of sp³-hybridized carbons (Fsp3) is 0.333. The maximum atomic E-state index is 13.8. The standard InChI is InChI=1S/C18H19ClFN3O/c1-23-9-7-13(11-22-18(24)16-4-2-3-8-21-16)17(23)12-5-6-14(19)15(20)10-12/h2-6,8,10,13,17H,7,9,11H2,1H3,(H,22,24)/t13-,17-/m0/s1. The zero-order chi connectivity index (χ0) is 17.1. The average molecular weight is 348 g/mol. The molecule has 0 unspecified atom stereocenters. The molecule has 0 spiro atoms. The second-order valence-corrected chi connectivity index (χ2v) is 6.48. The monoisotopic (exact) mass is 347 g/mol. The summed E-state index contributed by atoms with van der Waals surface area (Å²) in [7, 11) is 2.01. The van der Waals surface area contributed by atoms with E-state index in [0.717, 1.165) is 18.5 Å². The van der Waals surface area contributed by atoms with E-state index >= 15 is 0 Å². The summed E-state index contributed by atoms with van der Waals surface area (Å²) < 4.78 is 13.8. The van der Waals surface area contributed by atoms with Crippen molar-refractivity contribution in [1.29, 1.82) is 0 Å². The molecule has 4 nitrogen and oxygen atoms in total. The summed E-state index contributed by atoms with van der Waals surface area (Å²) in [5.74, 6) is -0.389. The lowest BCUT2D eigenvalue weighted by Gasteiger charge is -2.26. The number of halogens is 2. The molecule has 1 aliphatic rings. The fourth-order valence-electron chi connectivity index (χ4n) is 3.27. The molecule has 0 radical (unpaired) electrons. The number of nitrogens with zero attached hydrogens (tertiary/aromatic N) is 2. The Labute approximate surface area is 145 Å². The molecule has 3 rings (SSSR count). The van der Waals surface area contributed by atoms with Crippen LogP contribution in [0.2, 0.25) is 5.02 Å². The van der Waals surface area contributed by atoms with Crippen LogP contribution in [0.1, 0.15) is 28.5 Å². The maximum absolute atomic E-state index is 13.8. The number of benzene rings is 1. The van der Waals surface area contributed by atoms with Crippen LogP contribution in [0, 0.1) is 11.7 Å². The van der Waals surface area contributed by atoms with Crippen molar-refractivity contribution >= 4 is 17.5 Å². The van der Waals surface area contributed by atoms with Gasteiger partial charge in [-0.3, -0.25) is 14.7 Å². The van der Waals surface area contributed by atoms with Gasteiger partial charge in [0.05, 0.1) is 5.02 Å².